The van der Waals surface area contributed by atoms with E-state index in [0.717, 1.165) is 43.8 Å². The Labute approximate surface area is 173 Å². The summed E-state index contributed by atoms with van der Waals surface area (Å²) in [5.74, 6) is 0.738. The van der Waals surface area contributed by atoms with Crippen molar-refractivity contribution in [2.75, 3.05) is 35.5 Å². The predicted molar refractivity (Wildman–Crippen MR) is 120 cm³/mol. The number of nitrogens with zero attached hydrogens (tertiary/aromatic N) is 2. The molecule has 0 bridgehead atoms. The summed E-state index contributed by atoms with van der Waals surface area (Å²) in [4.78, 5) is 7.04. The molecule has 2 aromatic carbocycles. The van der Waals surface area contributed by atoms with Crippen LogP contribution in [-0.2, 0) is 16.6 Å². The van der Waals surface area contributed by atoms with E-state index in [1.54, 1.807) is 12.1 Å². The molecule has 1 atom stereocenters. The first-order chi connectivity index (χ1) is 13.9. The SMILES string of the molecule is CCNC(=NCc1ccccc1NS(C)(=O)=O)NC1CCN(c2ccccc2)C1. The summed E-state index contributed by atoms with van der Waals surface area (Å²) in [5.41, 5.74) is 2.62. The van der Waals surface area contributed by atoms with Crippen LogP contribution in [-0.4, -0.2) is 46.3 Å². The van der Waals surface area contributed by atoms with Gasteiger partial charge in [-0.25, -0.2) is 13.4 Å². The molecule has 3 rings (SSSR count). The van der Waals surface area contributed by atoms with E-state index in [0.29, 0.717) is 18.3 Å². The second-order valence-corrected chi connectivity index (χ2v) is 8.89. The molecular weight excluding hydrogens is 386 g/mol. The van der Waals surface area contributed by atoms with E-state index < -0.39 is 10.0 Å². The van der Waals surface area contributed by atoms with E-state index in [1.807, 2.05) is 25.1 Å². The lowest BCUT2D eigenvalue weighted by Gasteiger charge is -2.20. The van der Waals surface area contributed by atoms with Gasteiger partial charge in [-0.2, -0.15) is 0 Å². The number of hydrogen-bond acceptors (Lipinski definition) is 4. The van der Waals surface area contributed by atoms with Crippen molar-refractivity contribution >= 4 is 27.4 Å². The van der Waals surface area contributed by atoms with Gasteiger partial charge in [-0.3, -0.25) is 4.72 Å². The van der Waals surface area contributed by atoms with Gasteiger partial charge >= 0.3 is 0 Å². The third-order valence-electron chi connectivity index (χ3n) is 4.71. The van der Waals surface area contributed by atoms with Gasteiger partial charge in [-0.1, -0.05) is 36.4 Å². The van der Waals surface area contributed by atoms with Gasteiger partial charge in [0.1, 0.15) is 0 Å². The van der Waals surface area contributed by atoms with Gasteiger partial charge < -0.3 is 15.5 Å². The van der Waals surface area contributed by atoms with Gasteiger partial charge in [-0.05, 0) is 37.1 Å². The molecule has 7 nitrogen and oxygen atoms in total. The number of para-hydroxylation sites is 2. The molecule has 0 aromatic heterocycles. The molecule has 0 radical (unpaired) electrons. The van der Waals surface area contributed by atoms with E-state index in [9.17, 15) is 8.42 Å². The van der Waals surface area contributed by atoms with Crippen LogP contribution in [0.2, 0.25) is 0 Å². The number of rotatable bonds is 7. The van der Waals surface area contributed by atoms with Gasteiger partial charge in [0.05, 0.1) is 18.5 Å². The molecule has 2 aromatic rings. The van der Waals surface area contributed by atoms with Crippen molar-refractivity contribution in [2.24, 2.45) is 4.99 Å². The molecule has 1 heterocycles. The van der Waals surface area contributed by atoms with Gasteiger partial charge in [0.15, 0.2) is 5.96 Å². The molecule has 29 heavy (non-hydrogen) atoms. The maximum absolute atomic E-state index is 11.6. The minimum absolute atomic E-state index is 0.303. The Morgan fingerprint density at radius 1 is 1.14 bits per heavy atom. The van der Waals surface area contributed by atoms with Crippen molar-refractivity contribution in [2.45, 2.75) is 25.9 Å². The van der Waals surface area contributed by atoms with Crippen molar-refractivity contribution in [3.63, 3.8) is 0 Å². The van der Waals surface area contributed by atoms with Crippen LogP contribution in [0.4, 0.5) is 11.4 Å². The highest BCUT2D eigenvalue weighted by Crippen LogP contribution is 2.20. The van der Waals surface area contributed by atoms with Crippen LogP contribution >= 0.6 is 0 Å². The third-order valence-corrected chi connectivity index (χ3v) is 5.31. The molecule has 0 aliphatic carbocycles. The fourth-order valence-electron chi connectivity index (χ4n) is 3.39. The number of anilines is 2. The minimum atomic E-state index is -3.33. The molecule has 1 fully saturated rings. The Hall–Kier alpha value is -2.74. The fraction of sp³-hybridized carbons (Fsp3) is 0.381. The van der Waals surface area contributed by atoms with Gasteiger partial charge in [0.2, 0.25) is 10.0 Å². The van der Waals surface area contributed by atoms with Crippen LogP contribution < -0.4 is 20.3 Å². The van der Waals surface area contributed by atoms with Crippen LogP contribution in [0.3, 0.4) is 0 Å². The third kappa shape index (κ3) is 6.39. The van der Waals surface area contributed by atoms with Gasteiger partial charge in [0.25, 0.3) is 0 Å². The zero-order valence-electron chi connectivity index (χ0n) is 16.9. The molecule has 0 saturated carbocycles. The monoisotopic (exact) mass is 415 g/mol. The molecule has 0 spiro atoms. The molecule has 1 unspecified atom stereocenters. The standard InChI is InChI=1S/C21H29N5O2S/c1-3-22-21(23-15-17-9-7-8-12-20(17)25-29(2,27)28)24-18-13-14-26(16-18)19-10-5-4-6-11-19/h4-12,18,25H,3,13-16H2,1-2H3,(H2,22,23,24). The number of benzene rings is 2. The Morgan fingerprint density at radius 3 is 2.59 bits per heavy atom. The van der Waals surface area contributed by atoms with Crippen molar-refractivity contribution in [3.8, 4) is 0 Å². The number of guanidine groups is 1. The largest absolute Gasteiger partial charge is 0.369 e. The lowest BCUT2D eigenvalue weighted by Crippen LogP contribution is -2.44. The predicted octanol–water partition coefficient (Wildman–Crippen LogP) is 2.39. The Balaban J connectivity index is 1.65. The molecule has 3 N–H and O–H groups in total. The maximum atomic E-state index is 11.6. The van der Waals surface area contributed by atoms with Crippen molar-refractivity contribution < 1.29 is 8.42 Å². The maximum Gasteiger partial charge on any atom is 0.229 e. The summed E-state index contributed by atoms with van der Waals surface area (Å²) < 4.78 is 25.7. The van der Waals surface area contributed by atoms with Crippen LogP contribution in [0.15, 0.2) is 59.6 Å². The van der Waals surface area contributed by atoms with Crippen LogP contribution in [0.1, 0.15) is 18.9 Å². The number of nitrogens with one attached hydrogen (secondary N) is 3. The summed E-state index contributed by atoms with van der Waals surface area (Å²) in [6.07, 6.45) is 2.18. The first-order valence-electron chi connectivity index (χ1n) is 9.85. The zero-order valence-corrected chi connectivity index (χ0v) is 17.7. The lowest BCUT2D eigenvalue weighted by molar-refractivity contribution is 0.606. The molecule has 1 aliphatic rings. The summed E-state index contributed by atoms with van der Waals surface area (Å²) in [5, 5.41) is 6.80. The summed E-state index contributed by atoms with van der Waals surface area (Å²) >= 11 is 0. The Kier molecular flexibility index (Phi) is 6.98. The quantitative estimate of drug-likeness (QED) is 0.478. The molecule has 1 aliphatic heterocycles. The molecule has 0 amide bonds. The van der Waals surface area contributed by atoms with E-state index in [2.05, 4.69) is 49.5 Å². The first kappa shape index (κ1) is 21.0. The summed E-state index contributed by atoms with van der Waals surface area (Å²) in [6, 6.07) is 18.0. The van der Waals surface area contributed by atoms with Gasteiger partial charge in [-0.15, -0.1) is 0 Å². The van der Waals surface area contributed by atoms with E-state index in [4.69, 9.17) is 0 Å². The highest BCUT2D eigenvalue weighted by atomic mass is 32.2. The second-order valence-electron chi connectivity index (χ2n) is 7.14. The second kappa shape index (κ2) is 9.65. The minimum Gasteiger partial charge on any atom is -0.369 e. The molecule has 8 heteroatoms. The summed E-state index contributed by atoms with van der Waals surface area (Å²) in [7, 11) is -3.33. The average molecular weight is 416 g/mol. The topological polar surface area (TPSA) is 85.8 Å². The van der Waals surface area contributed by atoms with E-state index >= 15 is 0 Å². The lowest BCUT2D eigenvalue weighted by atomic mass is 10.2. The van der Waals surface area contributed by atoms with E-state index in [-0.39, 0.29) is 0 Å². The van der Waals surface area contributed by atoms with Crippen molar-refractivity contribution in [1.82, 2.24) is 10.6 Å². The van der Waals surface area contributed by atoms with Crippen LogP contribution in [0, 0.1) is 0 Å². The molecule has 1 saturated heterocycles. The normalized spacial score (nSPS) is 17.2. The highest BCUT2D eigenvalue weighted by Gasteiger charge is 2.23. The Bertz CT molecular complexity index is 931. The Morgan fingerprint density at radius 2 is 1.86 bits per heavy atom. The highest BCUT2D eigenvalue weighted by molar-refractivity contribution is 7.92. The smallest absolute Gasteiger partial charge is 0.229 e. The first-order valence-corrected chi connectivity index (χ1v) is 11.7. The van der Waals surface area contributed by atoms with Crippen molar-refractivity contribution in [3.05, 3.63) is 60.2 Å². The molecule has 156 valence electrons. The fourth-order valence-corrected chi connectivity index (χ4v) is 3.99. The average Bonchev–Trinajstić information content (AvgIpc) is 3.15. The van der Waals surface area contributed by atoms with E-state index in [1.165, 1.54) is 5.69 Å². The van der Waals surface area contributed by atoms with Crippen LogP contribution in [0.5, 0.6) is 0 Å². The number of aliphatic imine (C=N–C) groups is 1. The van der Waals surface area contributed by atoms with Crippen LogP contribution in [0.25, 0.3) is 0 Å². The van der Waals surface area contributed by atoms with Crippen molar-refractivity contribution in [1.29, 1.82) is 0 Å². The number of sulfonamides is 1. The van der Waals surface area contributed by atoms with Gasteiger partial charge in [0, 0.05) is 31.4 Å². The molecular formula is C21H29N5O2S. The zero-order chi connectivity index (χ0) is 20.7. The summed E-state index contributed by atoms with van der Waals surface area (Å²) in [6.45, 7) is 5.08. The number of hydrogen-bond donors (Lipinski definition) is 3.